The molecule has 0 spiro atoms. The molecule has 1 aliphatic carbocycles. The highest BCUT2D eigenvalue weighted by atomic mass is 15.4. The van der Waals surface area contributed by atoms with Gasteiger partial charge in [-0.3, -0.25) is 4.68 Å². The summed E-state index contributed by atoms with van der Waals surface area (Å²) < 4.78 is 1.97. The van der Waals surface area contributed by atoms with Crippen molar-refractivity contribution in [3.63, 3.8) is 0 Å². The van der Waals surface area contributed by atoms with Gasteiger partial charge < -0.3 is 10.2 Å². The quantitative estimate of drug-likeness (QED) is 0.890. The van der Waals surface area contributed by atoms with Crippen LogP contribution in [0.4, 0.5) is 5.82 Å². The zero-order valence-electron chi connectivity index (χ0n) is 14.1. The summed E-state index contributed by atoms with van der Waals surface area (Å²) in [6.07, 6.45) is 2.58. The number of nitrogens with zero attached hydrogens (tertiary/aromatic N) is 3. The summed E-state index contributed by atoms with van der Waals surface area (Å²) >= 11 is 0. The maximum Gasteiger partial charge on any atom is 0.130 e. The maximum absolute atomic E-state index is 4.56. The fourth-order valence-electron chi connectivity index (χ4n) is 3.39. The van der Waals surface area contributed by atoms with Gasteiger partial charge in [-0.25, -0.2) is 0 Å². The molecule has 22 heavy (non-hydrogen) atoms. The highest BCUT2D eigenvalue weighted by Gasteiger charge is 2.43. The molecule has 1 fully saturated rings. The molecule has 0 unspecified atom stereocenters. The van der Waals surface area contributed by atoms with Gasteiger partial charge in [-0.15, -0.1) is 0 Å². The Kier molecular flexibility index (Phi) is 3.96. The van der Waals surface area contributed by atoms with Gasteiger partial charge in [0.05, 0.1) is 5.69 Å². The van der Waals surface area contributed by atoms with Crippen molar-refractivity contribution >= 4 is 5.82 Å². The summed E-state index contributed by atoms with van der Waals surface area (Å²) in [7, 11) is 6.16. The van der Waals surface area contributed by atoms with Crippen LogP contribution in [-0.2, 0) is 19.0 Å². The summed E-state index contributed by atoms with van der Waals surface area (Å²) in [6.45, 7) is 4.01. The van der Waals surface area contributed by atoms with Crippen LogP contribution in [0.5, 0.6) is 0 Å². The maximum atomic E-state index is 4.56. The van der Waals surface area contributed by atoms with E-state index >= 15 is 0 Å². The van der Waals surface area contributed by atoms with Crippen LogP contribution in [0.3, 0.4) is 0 Å². The first-order valence-corrected chi connectivity index (χ1v) is 7.99. The van der Waals surface area contributed by atoms with Crippen LogP contribution in [0.25, 0.3) is 0 Å². The summed E-state index contributed by atoms with van der Waals surface area (Å²) in [6, 6.07) is 10.9. The predicted octanol–water partition coefficient (Wildman–Crippen LogP) is 2.62. The third-order valence-corrected chi connectivity index (χ3v) is 4.74. The lowest BCUT2D eigenvalue weighted by atomic mass is 9.96. The Hall–Kier alpha value is -1.81. The Morgan fingerprint density at radius 1 is 1.23 bits per heavy atom. The first-order valence-electron chi connectivity index (χ1n) is 7.99. The van der Waals surface area contributed by atoms with E-state index in [9.17, 15) is 0 Å². The second-order valence-electron chi connectivity index (χ2n) is 6.66. The second-order valence-corrected chi connectivity index (χ2v) is 6.66. The van der Waals surface area contributed by atoms with Crippen LogP contribution in [0.1, 0.15) is 29.7 Å². The lowest BCUT2D eigenvalue weighted by molar-refractivity contribution is 0.573. The number of anilines is 1. The van der Waals surface area contributed by atoms with E-state index in [4.69, 9.17) is 0 Å². The topological polar surface area (TPSA) is 33.1 Å². The first kappa shape index (κ1) is 15.1. The van der Waals surface area contributed by atoms with E-state index in [0.717, 1.165) is 18.8 Å². The fraction of sp³-hybridized carbons (Fsp3) is 0.500. The second kappa shape index (κ2) is 5.76. The zero-order chi connectivity index (χ0) is 15.7. The van der Waals surface area contributed by atoms with E-state index in [2.05, 4.69) is 66.7 Å². The fourth-order valence-corrected chi connectivity index (χ4v) is 3.39. The molecule has 2 aromatic rings. The van der Waals surface area contributed by atoms with Crippen LogP contribution in [0, 0.1) is 6.92 Å². The van der Waals surface area contributed by atoms with Crippen LogP contribution in [0.2, 0.25) is 0 Å². The Labute approximate surface area is 133 Å². The number of rotatable bonds is 6. The number of aryl methyl sites for hydroxylation is 2. The van der Waals surface area contributed by atoms with Gasteiger partial charge in [0.1, 0.15) is 5.82 Å². The van der Waals surface area contributed by atoms with Crippen molar-refractivity contribution in [3.05, 3.63) is 47.2 Å². The summed E-state index contributed by atoms with van der Waals surface area (Å²) in [5.41, 5.74) is 4.24. The van der Waals surface area contributed by atoms with Crippen molar-refractivity contribution in [1.82, 2.24) is 15.1 Å². The average Bonchev–Trinajstić information content (AvgIpc) is 3.21. The Balaban J connectivity index is 1.67. The highest BCUT2D eigenvalue weighted by molar-refractivity contribution is 5.48. The number of aromatic nitrogens is 2. The van der Waals surface area contributed by atoms with Crippen molar-refractivity contribution in [1.29, 1.82) is 0 Å². The minimum atomic E-state index is 0.357. The van der Waals surface area contributed by atoms with Crippen molar-refractivity contribution in [2.45, 2.75) is 31.7 Å². The van der Waals surface area contributed by atoms with Crippen molar-refractivity contribution in [2.75, 3.05) is 25.5 Å². The number of benzene rings is 1. The Bertz CT molecular complexity index is 639. The van der Waals surface area contributed by atoms with E-state index in [-0.39, 0.29) is 0 Å². The molecule has 4 heteroatoms. The molecule has 3 rings (SSSR count). The third-order valence-electron chi connectivity index (χ3n) is 4.74. The van der Waals surface area contributed by atoms with Gasteiger partial charge in [0.15, 0.2) is 0 Å². The monoisotopic (exact) mass is 298 g/mol. The van der Waals surface area contributed by atoms with E-state index in [1.54, 1.807) is 0 Å². The van der Waals surface area contributed by atoms with Gasteiger partial charge in [0.25, 0.3) is 0 Å². The van der Waals surface area contributed by atoms with Crippen molar-refractivity contribution < 1.29 is 0 Å². The summed E-state index contributed by atoms with van der Waals surface area (Å²) in [4.78, 5) is 2.14. The lowest BCUT2D eigenvalue weighted by Gasteiger charge is -2.19. The van der Waals surface area contributed by atoms with Crippen LogP contribution >= 0.6 is 0 Å². The Morgan fingerprint density at radius 2 is 1.91 bits per heavy atom. The Morgan fingerprint density at radius 3 is 2.50 bits per heavy atom. The van der Waals surface area contributed by atoms with E-state index in [1.807, 2.05) is 11.7 Å². The van der Waals surface area contributed by atoms with Crippen LogP contribution < -0.4 is 10.2 Å². The van der Waals surface area contributed by atoms with Gasteiger partial charge >= 0.3 is 0 Å². The average molecular weight is 298 g/mol. The summed E-state index contributed by atoms with van der Waals surface area (Å²) in [5.74, 6) is 1.19. The third kappa shape index (κ3) is 2.75. The van der Waals surface area contributed by atoms with E-state index in [1.165, 1.54) is 29.8 Å². The van der Waals surface area contributed by atoms with Crippen LogP contribution in [-0.4, -0.2) is 30.4 Å². The standard InChI is InChI=1S/C18H26N4/c1-14-16(17(21(2)3)22(4)20-14)12-19-13-18(10-11-18)15-8-6-5-7-9-15/h5-9,19H,10-13H2,1-4H3. The molecule has 1 aromatic heterocycles. The highest BCUT2D eigenvalue weighted by Crippen LogP contribution is 2.47. The first-order chi connectivity index (χ1) is 10.5. The molecule has 0 radical (unpaired) electrons. The molecular formula is C18H26N4. The molecule has 0 bridgehead atoms. The lowest BCUT2D eigenvalue weighted by Crippen LogP contribution is -2.27. The molecule has 118 valence electrons. The molecule has 0 saturated heterocycles. The minimum Gasteiger partial charge on any atom is -0.363 e. The molecule has 1 N–H and O–H groups in total. The van der Waals surface area contributed by atoms with Gasteiger partial charge in [-0.1, -0.05) is 30.3 Å². The predicted molar refractivity (Wildman–Crippen MR) is 91.3 cm³/mol. The smallest absolute Gasteiger partial charge is 0.130 e. The molecule has 1 saturated carbocycles. The van der Waals surface area contributed by atoms with Crippen molar-refractivity contribution in [2.24, 2.45) is 7.05 Å². The number of nitrogens with one attached hydrogen (secondary N) is 1. The van der Waals surface area contributed by atoms with Gasteiger partial charge in [-0.05, 0) is 25.3 Å². The van der Waals surface area contributed by atoms with Gasteiger partial charge in [0.2, 0.25) is 0 Å². The molecule has 1 aromatic carbocycles. The minimum absolute atomic E-state index is 0.357. The molecule has 1 aliphatic rings. The molecule has 0 aliphatic heterocycles. The van der Waals surface area contributed by atoms with Crippen molar-refractivity contribution in [3.8, 4) is 0 Å². The molecule has 4 nitrogen and oxygen atoms in total. The van der Waals surface area contributed by atoms with Gasteiger partial charge in [0, 0.05) is 45.2 Å². The van der Waals surface area contributed by atoms with E-state index < -0.39 is 0 Å². The zero-order valence-corrected chi connectivity index (χ0v) is 14.1. The largest absolute Gasteiger partial charge is 0.363 e. The van der Waals surface area contributed by atoms with Gasteiger partial charge in [-0.2, -0.15) is 5.10 Å². The SMILES string of the molecule is Cc1nn(C)c(N(C)C)c1CNCC1(c2ccccc2)CC1. The van der Waals surface area contributed by atoms with Crippen LogP contribution in [0.15, 0.2) is 30.3 Å². The molecular weight excluding hydrogens is 272 g/mol. The summed E-state index contributed by atoms with van der Waals surface area (Å²) in [5, 5.41) is 8.23. The molecule has 0 atom stereocenters. The number of hydrogen-bond donors (Lipinski definition) is 1. The molecule has 0 amide bonds. The normalized spacial score (nSPS) is 15.8. The number of hydrogen-bond acceptors (Lipinski definition) is 3. The van der Waals surface area contributed by atoms with E-state index in [0.29, 0.717) is 5.41 Å². The molecule has 1 heterocycles.